The van der Waals surface area contributed by atoms with Crippen molar-refractivity contribution >= 4 is 28.2 Å². The molecule has 0 aliphatic rings. The van der Waals surface area contributed by atoms with Crippen LogP contribution in [-0.4, -0.2) is 17.6 Å². The number of anilines is 2. The van der Waals surface area contributed by atoms with Crippen molar-refractivity contribution in [1.29, 1.82) is 0 Å². The fraction of sp³-hybridized carbons (Fsp3) is 0.238. The topological polar surface area (TPSA) is 51.2 Å². The van der Waals surface area contributed by atoms with Crippen LogP contribution in [0.3, 0.4) is 0 Å². The van der Waals surface area contributed by atoms with E-state index in [0.29, 0.717) is 11.1 Å². The monoisotopic (exact) mass is 388 g/mol. The van der Waals surface area contributed by atoms with Crippen molar-refractivity contribution in [3.8, 4) is 0 Å². The molecule has 146 valence electrons. The predicted octanol–water partition coefficient (Wildman–Crippen LogP) is 5.74. The van der Waals surface area contributed by atoms with Crippen molar-refractivity contribution in [3.63, 3.8) is 0 Å². The van der Waals surface area contributed by atoms with Crippen LogP contribution in [0, 0.1) is 0 Å². The Balaban J connectivity index is 2.19. The van der Waals surface area contributed by atoms with Crippen LogP contribution in [0.1, 0.15) is 35.3 Å². The van der Waals surface area contributed by atoms with Crippen molar-refractivity contribution in [1.82, 2.24) is 4.98 Å². The summed E-state index contributed by atoms with van der Waals surface area (Å²) in [6.07, 6.45) is -2.48. The lowest BCUT2D eigenvalue weighted by Crippen LogP contribution is -2.10. The second-order valence-electron chi connectivity index (χ2n) is 6.13. The minimum Gasteiger partial charge on any atom is -0.462 e. The number of carbonyl (C=O) groups excluding carboxylic acids is 1. The van der Waals surface area contributed by atoms with Crippen LogP contribution in [0.4, 0.5) is 24.5 Å². The van der Waals surface area contributed by atoms with E-state index >= 15 is 0 Å². The number of ether oxygens (including phenoxy) is 1. The number of aromatic nitrogens is 1. The minimum absolute atomic E-state index is 0.138. The molecule has 1 aromatic heterocycles. The molecule has 3 aromatic rings. The lowest BCUT2D eigenvalue weighted by Gasteiger charge is -2.17. The Morgan fingerprint density at radius 2 is 1.89 bits per heavy atom. The molecule has 0 saturated carbocycles. The number of aryl methyl sites for hydroxylation is 1. The molecule has 7 heteroatoms. The second-order valence-corrected chi connectivity index (χ2v) is 6.13. The summed E-state index contributed by atoms with van der Waals surface area (Å²) in [5, 5.41) is 3.62. The maximum Gasteiger partial charge on any atom is 0.416 e. The van der Waals surface area contributed by atoms with Crippen LogP contribution >= 0.6 is 0 Å². The van der Waals surface area contributed by atoms with Crippen LogP contribution in [0.5, 0.6) is 0 Å². The highest BCUT2D eigenvalue weighted by Crippen LogP contribution is 2.35. The highest BCUT2D eigenvalue weighted by atomic mass is 19.4. The van der Waals surface area contributed by atoms with Crippen molar-refractivity contribution in [2.45, 2.75) is 26.4 Å². The Bertz CT molecular complexity index is 1020. The largest absolute Gasteiger partial charge is 0.462 e. The molecule has 1 N–H and O–H groups in total. The Kier molecular flexibility index (Phi) is 5.53. The number of nitrogens with one attached hydrogen (secondary N) is 1. The molecule has 0 atom stereocenters. The number of rotatable bonds is 5. The van der Waals surface area contributed by atoms with E-state index in [-0.39, 0.29) is 17.7 Å². The van der Waals surface area contributed by atoms with E-state index in [1.165, 1.54) is 12.3 Å². The maximum atomic E-state index is 13.1. The zero-order valence-corrected chi connectivity index (χ0v) is 15.4. The normalized spacial score (nSPS) is 11.5. The first kappa shape index (κ1) is 19.7. The number of pyridine rings is 1. The molecule has 0 bridgehead atoms. The van der Waals surface area contributed by atoms with Crippen LogP contribution in [0.25, 0.3) is 10.9 Å². The maximum absolute atomic E-state index is 13.1. The molecule has 0 amide bonds. The lowest BCUT2D eigenvalue weighted by molar-refractivity contribution is -0.137. The summed E-state index contributed by atoms with van der Waals surface area (Å²) in [4.78, 5) is 16.5. The van der Waals surface area contributed by atoms with Gasteiger partial charge in [-0.25, -0.2) is 4.79 Å². The van der Waals surface area contributed by atoms with E-state index in [1.54, 1.807) is 6.92 Å². The number of benzene rings is 2. The molecule has 0 fully saturated rings. The van der Waals surface area contributed by atoms with Gasteiger partial charge in [0.1, 0.15) is 5.56 Å². The van der Waals surface area contributed by atoms with E-state index in [1.807, 2.05) is 31.2 Å². The molecular formula is C21H19F3N2O2. The summed E-state index contributed by atoms with van der Waals surface area (Å²) >= 11 is 0. The molecule has 0 spiro atoms. The quantitative estimate of drug-likeness (QED) is 0.567. The summed E-state index contributed by atoms with van der Waals surface area (Å²) in [7, 11) is 0. The average Bonchev–Trinajstić information content (AvgIpc) is 2.67. The summed E-state index contributed by atoms with van der Waals surface area (Å²) < 4.78 is 44.2. The number of halogens is 3. The van der Waals surface area contributed by atoms with E-state index < -0.39 is 17.7 Å². The van der Waals surface area contributed by atoms with Crippen LogP contribution < -0.4 is 5.32 Å². The molecule has 0 aliphatic heterocycles. The molecule has 28 heavy (non-hydrogen) atoms. The Hall–Kier alpha value is -3.09. The molecule has 3 rings (SSSR count). The van der Waals surface area contributed by atoms with Gasteiger partial charge in [0.2, 0.25) is 0 Å². The number of alkyl halides is 3. The lowest BCUT2D eigenvalue weighted by atomic mass is 10.0. The SMILES string of the molecule is CCOC(=O)c1cnc2cc(C(F)(F)F)ccc2c1Nc1ccccc1CC. The zero-order chi connectivity index (χ0) is 20.3. The van der Waals surface area contributed by atoms with Crippen molar-refractivity contribution < 1.29 is 22.7 Å². The molecule has 4 nitrogen and oxygen atoms in total. The fourth-order valence-electron chi connectivity index (χ4n) is 2.95. The first-order valence-electron chi connectivity index (χ1n) is 8.87. The molecule has 0 radical (unpaired) electrons. The van der Waals surface area contributed by atoms with Gasteiger partial charge in [-0.15, -0.1) is 0 Å². The van der Waals surface area contributed by atoms with Gasteiger partial charge in [0, 0.05) is 17.3 Å². The molecule has 0 saturated heterocycles. The van der Waals surface area contributed by atoms with Crippen LogP contribution in [0.15, 0.2) is 48.7 Å². The summed E-state index contributed by atoms with van der Waals surface area (Å²) in [5.41, 5.74) is 1.66. The predicted molar refractivity (Wildman–Crippen MR) is 102 cm³/mol. The third-order valence-electron chi connectivity index (χ3n) is 4.35. The first-order valence-corrected chi connectivity index (χ1v) is 8.87. The van der Waals surface area contributed by atoms with Gasteiger partial charge in [0.05, 0.1) is 23.4 Å². The Morgan fingerprint density at radius 3 is 2.57 bits per heavy atom. The van der Waals surface area contributed by atoms with E-state index in [9.17, 15) is 18.0 Å². The molecule has 2 aromatic carbocycles. The van der Waals surface area contributed by atoms with Crippen LogP contribution in [-0.2, 0) is 17.3 Å². The van der Waals surface area contributed by atoms with Gasteiger partial charge in [-0.3, -0.25) is 4.98 Å². The number of esters is 1. The van der Waals surface area contributed by atoms with Crippen LogP contribution in [0.2, 0.25) is 0 Å². The number of nitrogens with zero attached hydrogens (tertiary/aromatic N) is 1. The average molecular weight is 388 g/mol. The Labute approximate surface area is 160 Å². The highest BCUT2D eigenvalue weighted by molar-refractivity contribution is 6.06. The second kappa shape index (κ2) is 7.88. The number of fused-ring (bicyclic) bond motifs is 1. The number of hydrogen-bond donors (Lipinski definition) is 1. The van der Waals surface area contributed by atoms with Gasteiger partial charge >= 0.3 is 12.1 Å². The van der Waals surface area contributed by atoms with Gasteiger partial charge in [0.15, 0.2) is 0 Å². The van der Waals surface area contributed by atoms with Gasteiger partial charge in [-0.05, 0) is 37.1 Å². The van der Waals surface area contributed by atoms with Gasteiger partial charge in [-0.1, -0.05) is 31.2 Å². The van der Waals surface area contributed by atoms with Crippen molar-refractivity contribution in [2.75, 3.05) is 11.9 Å². The van der Waals surface area contributed by atoms with E-state index in [4.69, 9.17) is 4.74 Å². The van der Waals surface area contributed by atoms with Crippen molar-refractivity contribution in [3.05, 3.63) is 65.4 Å². The third kappa shape index (κ3) is 3.93. The molecule has 0 aliphatic carbocycles. The number of hydrogen-bond acceptors (Lipinski definition) is 4. The standard InChI is InChI=1S/C21H19F3N2O2/c1-3-13-7-5-6-8-17(13)26-19-15-10-9-14(21(22,23)24)11-18(15)25-12-16(19)20(27)28-4-2/h5-12H,3-4H2,1-2H3,(H,25,26). The van der Waals surface area contributed by atoms with Gasteiger partial charge in [0.25, 0.3) is 0 Å². The van der Waals surface area contributed by atoms with E-state index in [0.717, 1.165) is 29.8 Å². The van der Waals surface area contributed by atoms with E-state index in [2.05, 4.69) is 10.3 Å². The fourth-order valence-corrected chi connectivity index (χ4v) is 2.95. The third-order valence-corrected chi connectivity index (χ3v) is 4.35. The molecule has 1 heterocycles. The number of carbonyl (C=O) groups is 1. The molecule has 0 unspecified atom stereocenters. The van der Waals surface area contributed by atoms with Crippen molar-refractivity contribution in [2.24, 2.45) is 0 Å². The Morgan fingerprint density at radius 1 is 1.14 bits per heavy atom. The highest BCUT2D eigenvalue weighted by Gasteiger charge is 2.31. The summed E-state index contributed by atoms with van der Waals surface area (Å²) in [6.45, 7) is 3.85. The number of para-hydroxylation sites is 1. The smallest absolute Gasteiger partial charge is 0.416 e. The summed E-state index contributed by atoms with van der Waals surface area (Å²) in [6, 6.07) is 10.8. The molecular weight excluding hydrogens is 369 g/mol. The van der Waals surface area contributed by atoms with Gasteiger partial charge in [-0.2, -0.15) is 13.2 Å². The zero-order valence-electron chi connectivity index (χ0n) is 15.4. The minimum atomic E-state index is -4.47. The summed E-state index contributed by atoms with van der Waals surface area (Å²) in [5.74, 6) is -0.590. The first-order chi connectivity index (χ1) is 13.3. The van der Waals surface area contributed by atoms with Gasteiger partial charge < -0.3 is 10.1 Å².